The molecule has 0 bridgehead atoms. The summed E-state index contributed by atoms with van der Waals surface area (Å²) in [5.74, 6) is -0.987. The number of carbonyl (C=O) groups is 1. The Balaban J connectivity index is 2.52. The van der Waals surface area contributed by atoms with Crippen LogP contribution in [-0.2, 0) is 6.61 Å². The number of aromatic carboxylic acids is 1. The lowest BCUT2D eigenvalue weighted by atomic mass is 9.99. The van der Waals surface area contributed by atoms with E-state index < -0.39 is 5.97 Å². The Morgan fingerprint density at radius 1 is 1.06 bits per heavy atom. The molecule has 2 aromatic carbocycles. The second kappa shape index (κ2) is 5.02. The highest BCUT2D eigenvalue weighted by molar-refractivity contribution is 5.89. The molecule has 0 aliphatic heterocycles. The third kappa shape index (κ3) is 2.57. The number of aryl methyl sites for hydroxylation is 1. The number of aliphatic hydroxyl groups is 1. The van der Waals surface area contributed by atoms with Crippen LogP contribution in [0.4, 0.5) is 0 Å². The van der Waals surface area contributed by atoms with Crippen molar-refractivity contribution in [3.05, 3.63) is 59.2 Å². The minimum Gasteiger partial charge on any atom is -0.478 e. The van der Waals surface area contributed by atoms with Gasteiger partial charge in [0.2, 0.25) is 0 Å². The fourth-order valence-electron chi connectivity index (χ4n) is 1.82. The number of carboxylic acids is 1. The lowest BCUT2D eigenvalue weighted by Crippen LogP contribution is -1.98. The largest absolute Gasteiger partial charge is 0.478 e. The highest BCUT2D eigenvalue weighted by atomic mass is 16.4. The van der Waals surface area contributed by atoms with E-state index in [0.29, 0.717) is 5.56 Å². The molecule has 2 N–H and O–H groups in total. The van der Waals surface area contributed by atoms with E-state index in [0.717, 1.165) is 16.7 Å². The smallest absolute Gasteiger partial charge is 0.335 e. The molecule has 0 amide bonds. The second-order valence-electron chi connectivity index (χ2n) is 4.25. The Morgan fingerprint density at radius 3 is 2.28 bits per heavy atom. The SMILES string of the molecule is Cc1ccc(-c2cc(CO)cc(C(=O)O)c2)cc1. The number of aliphatic hydroxyl groups excluding tert-OH is 1. The topological polar surface area (TPSA) is 57.5 Å². The van der Waals surface area contributed by atoms with Gasteiger partial charge in [0, 0.05) is 0 Å². The zero-order valence-electron chi connectivity index (χ0n) is 10.1. The van der Waals surface area contributed by atoms with Crippen molar-refractivity contribution in [3.63, 3.8) is 0 Å². The molecule has 0 unspecified atom stereocenters. The van der Waals surface area contributed by atoms with Crippen molar-refractivity contribution in [2.75, 3.05) is 0 Å². The molecule has 18 heavy (non-hydrogen) atoms. The number of hydrogen-bond acceptors (Lipinski definition) is 2. The van der Waals surface area contributed by atoms with Gasteiger partial charge in [-0.15, -0.1) is 0 Å². The van der Waals surface area contributed by atoms with E-state index in [1.807, 2.05) is 31.2 Å². The Kier molecular flexibility index (Phi) is 3.44. The van der Waals surface area contributed by atoms with Crippen LogP contribution in [0.3, 0.4) is 0 Å². The molecule has 0 aliphatic carbocycles. The van der Waals surface area contributed by atoms with Gasteiger partial charge in [0.15, 0.2) is 0 Å². The molecule has 2 aromatic rings. The summed E-state index contributed by atoms with van der Waals surface area (Å²) in [6.45, 7) is 1.83. The average Bonchev–Trinajstić information content (AvgIpc) is 2.39. The normalized spacial score (nSPS) is 10.3. The highest BCUT2D eigenvalue weighted by Crippen LogP contribution is 2.23. The van der Waals surface area contributed by atoms with E-state index in [9.17, 15) is 4.79 Å². The van der Waals surface area contributed by atoms with E-state index in [1.54, 1.807) is 12.1 Å². The predicted octanol–water partition coefficient (Wildman–Crippen LogP) is 2.85. The van der Waals surface area contributed by atoms with E-state index >= 15 is 0 Å². The molecule has 0 saturated carbocycles. The monoisotopic (exact) mass is 242 g/mol. The first-order valence-corrected chi connectivity index (χ1v) is 5.65. The number of hydrogen-bond donors (Lipinski definition) is 2. The van der Waals surface area contributed by atoms with Crippen LogP contribution in [-0.4, -0.2) is 16.2 Å². The van der Waals surface area contributed by atoms with Crippen molar-refractivity contribution in [1.29, 1.82) is 0 Å². The van der Waals surface area contributed by atoms with E-state index in [2.05, 4.69) is 0 Å². The van der Waals surface area contributed by atoms with Crippen molar-refractivity contribution >= 4 is 5.97 Å². The Hall–Kier alpha value is -2.13. The second-order valence-corrected chi connectivity index (χ2v) is 4.25. The lowest BCUT2D eigenvalue weighted by molar-refractivity contribution is 0.0696. The van der Waals surface area contributed by atoms with Crippen LogP contribution >= 0.6 is 0 Å². The van der Waals surface area contributed by atoms with Gasteiger partial charge in [-0.05, 0) is 41.8 Å². The number of benzene rings is 2. The maximum absolute atomic E-state index is 11.0. The van der Waals surface area contributed by atoms with Crippen LogP contribution in [0.2, 0.25) is 0 Å². The number of carboxylic acid groups (broad SMARTS) is 1. The van der Waals surface area contributed by atoms with Crippen LogP contribution in [0, 0.1) is 6.92 Å². The minimum absolute atomic E-state index is 0.167. The van der Waals surface area contributed by atoms with Crippen LogP contribution < -0.4 is 0 Å². The fraction of sp³-hybridized carbons (Fsp3) is 0.133. The van der Waals surface area contributed by atoms with Gasteiger partial charge in [-0.2, -0.15) is 0 Å². The van der Waals surface area contributed by atoms with Gasteiger partial charge >= 0.3 is 5.97 Å². The molecule has 0 fully saturated rings. The van der Waals surface area contributed by atoms with Crippen molar-refractivity contribution in [2.24, 2.45) is 0 Å². The van der Waals surface area contributed by atoms with E-state index in [4.69, 9.17) is 10.2 Å². The molecular formula is C15H14O3. The first-order chi connectivity index (χ1) is 8.60. The predicted molar refractivity (Wildman–Crippen MR) is 69.5 cm³/mol. The van der Waals surface area contributed by atoms with Crippen molar-refractivity contribution in [1.82, 2.24) is 0 Å². The molecule has 0 saturated heterocycles. The molecule has 0 heterocycles. The lowest BCUT2D eigenvalue weighted by Gasteiger charge is -2.07. The highest BCUT2D eigenvalue weighted by Gasteiger charge is 2.08. The van der Waals surface area contributed by atoms with Gasteiger partial charge in [0.05, 0.1) is 12.2 Å². The summed E-state index contributed by atoms with van der Waals surface area (Å²) >= 11 is 0. The maximum Gasteiger partial charge on any atom is 0.335 e. The van der Waals surface area contributed by atoms with Gasteiger partial charge in [-0.25, -0.2) is 4.79 Å². The first-order valence-electron chi connectivity index (χ1n) is 5.65. The maximum atomic E-state index is 11.0. The molecule has 3 nitrogen and oxygen atoms in total. The molecule has 3 heteroatoms. The summed E-state index contributed by atoms with van der Waals surface area (Å²) in [6.07, 6.45) is 0. The molecule has 0 spiro atoms. The number of rotatable bonds is 3. The molecule has 92 valence electrons. The fourth-order valence-corrected chi connectivity index (χ4v) is 1.82. The van der Waals surface area contributed by atoms with Gasteiger partial charge in [-0.1, -0.05) is 29.8 Å². The third-order valence-electron chi connectivity index (χ3n) is 2.81. The van der Waals surface area contributed by atoms with Crippen LogP contribution in [0.25, 0.3) is 11.1 Å². The summed E-state index contributed by atoms with van der Waals surface area (Å²) < 4.78 is 0. The molecule has 0 aliphatic rings. The summed E-state index contributed by atoms with van der Waals surface area (Å²) in [7, 11) is 0. The van der Waals surface area contributed by atoms with Crippen molar-refractivity contribution in [3.8, 4) is 11.1 Å². The first kappa shape index (κ1) is 12.3. The van der Waals surface area contributed by atoms with Gasteiger partial charge in [0.1, 0.15) is 0 Å². The molecule has 0 radical (unpaired) electrons. The van der Waals surface area contributed by atoms with Gasteiger partial charge in [-0.3, -0.25) is 0 Å². The Bertz CT molecular complexity index is 571. The van der Waals surface area contributed by atoms with Crippen molar-refractivity contribution in [2.45, 2.75) is 13.5 Å². The molecule has 0 atom stereocenters. The van der Waals surface area contributed by atoms with E-state index in [1.165, 1.54) is 6.07 Å². The minimum atomic E-state index is -0.987. The van der Waals surface area contributed by atoms with Crippen molar-refractivity contribution < 1.29 is 15.0 Å². The Morgan fingerprint density at radius 2 is 1.72 bits per heavy atom. The Labute approximate surface area is 105 Å². The van der Waals surface area contributed by atoms with E-state index in [-0.39, 0.29) is 12.2 Å². The zero-order chi connectivity index (χ0) is 13.1. The quantitative estimate of drug-likeness (QED) is 0.870. The summed E-state index contributed by atoms with van der Waals surface area (Å²) in [5.41, 5.74) is 3.69. The summed E-state index contributed by atoms with van der Waals surface area (Å²) in [6, 6.07) is 12.7. The van der Waals surface area contributed by atoms with Crippen LogP contribution in [0.15, 0.2) is 42.5 Å². The summed E-state index contributed by atoms with van der Waals surface area (Å²) in [4.78, 5) is 11.0. The van der Waals surface area contributed by atoms with Gasteiger partial charge < -0.3 is 10.2 Å². The zero-order valence-corrected chi connectivity index (χ0v) is 10.1. The third-order valence-corrected chi connectivity index (χ3v) is 2.81. The molecule has 2 rings (SSSR count). The van der Waals surface area contributed by atoms with Gasteiger partial charge in [0.25, 0.3) is 0 Å². The average molecular weight is 242 g/mol. The van der Waals surface area contributed by atoms with Crippen LogP contribution in [0.1, 0.15) is 21.5 Å². The molecular weight excluding hydrogens is 228 g/mol. The summed E-state index contributed by atoms with van der Waals surface area (Å²) in [5, 5.41) is 18.2. The van der Waals surface area contributed by atoms with Crippen LogP contribution in [0.5, 0.6) is 0 Å². The molecule has 0 aromatic heterocycles. The standard InChI is InChI=1S/C15H14O3/c1-10-2-4-12(5-3-10)13-6-11(9-16)7-14(8-13)15(17)18/h2-8,16H,9H2,1H3,(H,17,18).